The van der Waals surface area contributed by atoms with Gasteiger partial charge in [-0.3, -0.25) is 14.9 Å². The van der Waals surface area contributed by atoms with E-state index in [1.54, 1.807) is 11.9 Å². The number of nitrogens with one attached hydrogen (secondary N) is 2. The molecule has 2 rings (SSSR count). The highest BCUT2D eigenvalue weighted by Crippen LogP contribution is 2.15. The van der Waals surface area contributed by atoms with Gasteiger partial charge in [-0.2, -0.15) is 0 Å². The van der Waals surface area contributed by atoms with Gasteiger partial charge in [0.1, 0.15) is 6.04 Å². The monoisotopic (exact) mass is 289 g/mol. The van der Waals surface area contributed by atoms with Gasteiger partial charge in [0.25, 0.3) is 0 Å². The SMILES string of the molecule is CC(C)c1ccc(CN(C)C(=O)C2CNC(=O)CN2)cc1. The van der Waals surface area contributed by atoms with Gasteiger partial charge in [-0.05, 0) is 17.0 Å². The van der Waals surface area contributed by atoms with Gasteiger partial charge in [-0.15, -0.1) is 0 Å². The molecule has 0 bridgehead atoms. The molecule has 0 radical (unpaired) electrons. The van der Waals surface area contributed by atoms with E-state index in [-0.39, 0.29) is 24.4 Å². The highest BCUT2D eigenvalue weighted by Gasteiger charge is 2.26. The first kappa shape index (κ1) is 15.5. The van der Waals surface area contributed by atoms with Crippen LogP contribution in [-0.2, 0) is 16.1 Å². The summed E-state index contributed by atoms with van der Waals surface area (Å²) in [6.45, 7) is 5.45. The van der Waals surface area contributed by atoms with E-state index >= 15 is 0 Å². The molecule has 0 aromatic heterocycles. The molecule has 1 fully saturated rings. The molecule has 5 heteroatoms. The molecule has 2 N–H and O–H groups in total. The van der Waals surface area contributed by atoms with Gasteiger partial charge in [0.2, 0.25) is 11.8 Å². The second kappa shape index (κ2) is 6.72. The molecule has 0 aliphatic carbocycles. The number of carbonyl (C=O) groups is 2. The summed E-state index contributed by atoms with van der Waals surface area (Å²) in [5.41, 5.74) is 2.40. The van der Waals surface area contributed by atoms with Crippen molar-refractivity contribution in [2.45, 2.75) is 32.4 Å². The molecule has 1 aromatic carbocycles. The van der Waals surface area contributed by atoms with Crippen LogP contribution in [0.5, 0.6) is 0 Å². The number of piperazine rings is 1. The van der Waals surface area contributed by atoms with Crippen molar-refractivity contribution in [2.75, 3.05) is 20.1 Å². The van der Waals surface area contributed by atoms with E-state index in [0.717, 1.165) is 5.56 Å². The third-order valence-electron chi connectivity index (χ3n) is 3.75. The van der Waals surface area contributed by atoms with Crippen LogP contribution in [0.2, 0.25) is 0 Å². The van der Waals surface area contributed by atoms with Gasteiger partial charge in [0.15, 0.2) is 0 Å². The average molecular weight is 289 g/mol. The van der Waals surface area contributed by atoms with E-state index in [1.165, 1.54) is 5.56 Å². The Hall–Kier alpha value is -1.88. The van der Waals surface area contributed by atoms with Crippen LogP contribution < -0.4 is 10.6 Å². The average Bonchev–Trinajstić information content (AvgIpc) is 2.47. The Morgan fingerprint density at radius 2 is 2.00 bits per heavy atom. The molecule has 1 atom stereocenters. The van der Waals surface area contributed by atoms with E-state index in [2.05, 4.69) is 48.7 Å². The van der Waals surface area contributed by atoms with E-state index < -0.39 is 0 Å². The molecule has 1 aliphatic heterocycles. The number of amides is 2. The highest BCUT2D eigenvalue weighted by molar-refractivity contribution is 5.86. The number of nitrogens with zero attached hydrogens (tertiary/aromatic N) is 1. The molecule has 1 saturated heterocycles. The molecule has 1 aliphatic rings. The first-order valence-electron chi connectivity index (χ1n) is 7.31. The normalized spacial score (nSPS) is 18.5. The minimum atomic E-state index is -0.331. The number of hydrogen-bond donors (Lipinski definition) is 2. The zero-order valence-corrected chi connectivity index (χ0v) is 12.8. The van der Waals surface area contributed by atoms with Gasteiger partial charge in [-0.1, -0.05) is 38.1 Å². The second-order valence-corrected chi connectivity index (χ2v) is 5.83. The van der Waals surface area contributed by atoms with Gasteiger partial charge in [0, 0.05) is 20.1 Å². The van der Waals surface area contributed by atoms with Crippen molar-refractivity contribution in [1.82, 2.24) is 15.5 Å². The van der Waals surface area contributed by atoms with Crippen molar-refractivity contribution in [1.29, 1.82) is 0 Å². The third kappa shape index (κ3) is 4.04. The lowest BCUT2D eigenvalue weighted by molar-refractivity contribution is -0.134. The van der Waals surface area contributed by atoms with Crippen LogP contribution in [0.3, 0.4) is 0 Å². The number of benzene rings is 1. The molecule has 21 heavy (non-hydrogen) atoms. The maximum absolute atomic E-state index is 12.3. The minimum Gasteiger partial charge on any atom is -0.353 e. The third-order valence-corrected chi connectivity index (χ3v) is 3.75. The van der Waals surface area contributed by atoms with E-state index in [9.17, 15) is 9.59 Å². The Morgan fingerprint density at radius 3 is 2.52 bits per heavy atom. The van der Waals surface area contributed by atoms with E-state index in [4.69, 9.17) is 0 Å². The molecule has 2 amide bonds. The van der Waals surface area contributed by atoms with Gasteiger partial charge in [0.05, 0.1) is 6.54 Å². The largest absolute Gasteiger partial charge is 0.353 e. The van der Waals surface area contributed by atoms with E-state index in [1.807, 2.05) is 0 Å². The Kier molecular flexibility index (Phi) is 4.96. The Morgan fingerprint density at radius 1 is 1.33 bits per heavy atom. The fourth-order valence-corrected chi connectivity index (χ4v) is 2.37. The Bertz CT molecular complexity index is 501. The van der Waals surface area contributed by atoms with Gasteiger partial charge >= 0.3 is 0 Å². The quantitative estimate of drug-likeness (QED) is 0.864. The van der Waals surface area contributed by atoms with Crippen molar-refractivity contribution in [3.05, 3.63) is 35.4 Å². The molecule has 5 nitrogen and oxygen atoms in total. The molecule has 0 saturated carbocycles. The summed E-state index contributed by atoms with van der Waals surface area (Å²) in [7, 11) is 1.79. The molecule has 1 unspecified atom stereocenters. The summed E-state index contributed by atoms with van der Waals surface area (Å²) < 4.78 is 0. The smallest absolute Gasteiger partial charge is 0.241 e. The Balaban J connectivity index is 1.92. The zero-order valence-electron chi connectivity index (χ0n) is 12.8. The van der Waals surface area contributed by atoms with Crippen LogP contribution in [0.4, 0.5) is 0 Å². The summed E-state index contributed by atoms with van der Waals surface area (Å²) in [5.74, 6) is 0.447. The van der Waals surface area contributed by atoms with Crippen molar-refractivity contribution in [2.24, 2.45) is 0 Å². The minimum absolute atomic E-state index is 0.00272. The second-order valence-electron chi connectivity index (χ2n) is 5.83. The molecule has 114 valence electrons. The maximum Gasteiger partial charge on any atom is 0.241 e. The first-order valence-corrected chi connectivity index (χ1v) is 7.31. The predicted octanol–water partition coefficient (Wildman–Crippen LogP) is 0.856. The lowest BCUT2D eigenvalue weighted by atomic mass is 10.0. The summed E-state index contributed by atoms with van der Waals surface area (Å²) in [6, 6.07) is 8.02. The molecule has 0 spiro atoms. The lowest BCUT2D eigenvalue weighted by Gasteiger charge is -2.27. The maximum atomic E-state index is 12.3. The van der Waals surface area contributed by atoms with Gasteiger partial charge < -0.3 is 10.2 Å². The highest BCUT2D eigenvalue weighted by atomic mass is 16.2. The molecule has 1 heterocycles. The van der Waals surface area contributed by atoms with E-state index in [0.29, 0.717) is 19.0 Å². The van der Waals surface area contributed by atoms with Crippen LogP contribution in [0.15, 0.2) is 24.3 Å². The summed E-state index contributed by atoms with van der Waals surface area (Å²) in [6.07, 6.45) is 0. The summed E-state index contributed by atoms with van der Waals surface area (Å²) >= 11 is 0. The van der Waals surface area contributed by atoms with Gasteiger partial charge in [-0.25, -0.2) is 0 Å². The number of hydrogen-bond acceptors (Lipinski definition) is 3. The van der Waals surface area contributed by atoms with Crippen LogP contribution in [0.1, 0.15) is 30.9 Å². The summed E-state index contributed by atoms with van der Waals surface area (Å²) in [4.78, 5) is 25.1. The van der Waals surface area contributed by atoms with Crippen molar-refractivity contribution in [3.63, 3.8) is 0 Å². The topological polar surface area (TPSA) is 61.4 Å². The van der Waals surface area contributed by atoms with Crippen LogP contribution >= 0.6 is 0 Å². The summed E-state index contributed by atoms with van der Waals surface area (Å²) in [5, 5.41) is 5.66. The first-order chi connectivity index (χ1) is 9.97. The number of carbonyl (C=O) groups excluding carboxylic acids is 2. The number of likely N-dealkylation sites (N-methyl/N-ethyl adjacent to an activating group) is 1. The zero-order chi connectivity index (χ0) is 15.4. The van der Waals surface area contributed by atoms with Crippen molar-refractivity contribution < 1.29 is 9.59 Å². The molecular formula is C16H23N3O2. The fraction of sp³-hybridized carbons (Fsp3) is 0.500. The van der Waals surface area contributed by atoms with Crippen LogP contribution in [0, 0.1) is 0 Å². The lowest BCUT2D eigenvalue weighted by Crippen LogP contribution is -2.58. The molecular weight excluding hydrogens is 266 g/mol. The molecule has 1 aromatic rings. The number of rotatable bonds is 4. The standard InChI is InChI=1S/C16H23N3O2/c1-11(2)13-6-4-12(5-7-13)10-19(3)16(21)14-8-18-15(20)9-17-14/h4-7,11,14,17H,8-10H2,1-3H3,(H,18,20). The van der Waals surface area contributed by atoms with Crippen LogP contribution in [0.25, 0.3) is 0 Å². The van der Waals surface area contributed by atoms with Crippen LogP contribution in [-0.4, -0.2) is 42.9 Å². The Labute approximate surface area is 125 Å². The predicted molar refractivity (Wildman–Crippen MR) is 81.8 cm³/mol. The fourth-order valence-electron chi connectivity index (χ4n) is 2.37. The van der Waals surface area contributed by atoms with Crippen molar-refractivity contribution >= 4 is 11.8 Å². The van der Waals surface area contributed by atoms with Crippen molar-refractivity contribution in [3.8, 4) is 0 Å².